The van der Waals surface area contributed by atoms with E-state index in [4.69, 9.17) is 26.8 Å². The van der Waals surface area contributed by atoms with Crippen LogP contribution in [-0.2, 0) is 6.42 Å². The fourth-order valence-corrected chi connectivity index (χ4v) is 3.23. The first kappa shape index (κ1) is 12.5. The van der Waals surface area contributed by atoms with Gasteiger partial charge in [0.1, 0.15) is 5.75 Å². The lowest BCUT2D eigenvalue weighted by atomic mass is 10.0. The molecule has 2 aromatic carbocycles. The summed E-state index contributed by atoms with van der Waals surface area (Å²) < 4.78 is 78.2. The average molecular weight is 411 g/mol. The Kier molecular flexibility index (Phi) is 3.62. The van der Waals surface area contributed by atoms with Crippen LogP contribution in [-0.4, -0.2) is 22.8 Å². The quantitative estimate of drug-likeness (QED) is 0.504. The van der Waals surface area contributed by atoms with E-state index in [-0.39, 0.29) is 52.4 Å². The van der Waals surface area contributed by atoms with Crippen molar-refractivity contribution in [2.75, 3.05) is 6.54 Å². The van der Waals surface area contributed by atoms with E-state index in [1.54, 1.807) is 0 Å². The Balaban J connectivity index is 1.89. The molecule has 0 spiro atoms. The molecule has 0 saturated heterocycles. The number of hydrogen-bond donors (Lipinski definition) is 1. The Morgan fingerprint density at radius 1 is 1.43 bits per heavy atom. The summed E-state index contributed by atoms with van der Waals surface area (Å²) >= 11 is 0. The van der Waals surface area contributed by atoms with Crippen molar-refractivity contribution in [3.05, 3.63) is 58.8 Å². The van der Waals surface area contributed by atoms with Gasteiger partial charge in [0.25, 0.3) is 5.89 Å². The largest absolute Gasteiger partial charge is 0.502 e. The Labute approximate surface area is 188 Å². The molecule has 0 fully saturated rings. The topological polar surface area (TPSA) is 64.5 Å². The second kappa shape index (κ2) is 8.68. The third-order valence-corrected chi connectivity index (χ3v) is 4.53. The van der Waals surface area contributed by atoms with Gasteiger partial charge in [0, 0.05) is 18.5 Å². The lowest BCUT2D eigenvalue weighted by Gasteiger charge is -2.13. The molecule has 1 aliphatic rings. The monoisotopic (exact) mass is 410 g/mol. The minimum Gasteiger partial charge on any atom is -0.502 e. The van der Waals surface area contributed by atoms with Crippen molar-refractivity contribution in [2.45, 2.75) is 52.1 Å². The van der Waals surface area contributed by atoms with Crippen LogP contribution in [0.15, 0.2) is 40.8 Å². The van der Waals surface area contributed by atoms with Crippen LogP contribution in [0.1, 0.15) is 61.7 Å². The predicted molar refractivity (Wildman–Crippen MR) is 117 cm³/mol. The maximum Gasteiger partial charge on any atom is 0.256 e. The van der Waals surface area contributed by atoms with Crippen LogP contribution < -0.4 is 10.1 Å². The summed E-state index contributed by atoms with van der Waals surface area (Å²) in [4.78, 5) is 7.57. The normalized spacial score (nSPS) is 21.8. The van der Waals surface area contributed by atoms with Crippen LogP contribution in [0.4, 0.5) is 5.69 Å². The first-order chi connectivity index (χ1) is 17.8. The van der Waals surface area contributed by atoms with Crippen LogP contribution in [0.25, 0.3) is 27.7 Å². The third-order valence-electron chi connectivity index (χ3n) is 4.53. The van der Waals surface area contributed by atoms with Crippen molar-refractivity contribution >= 4 is 5.69 Å². The van der Waals surface area contributed by atoms with Crippen LogP contribution in [0.2, 0.25) is 0 Å². The standard InChI is InChI=1S/C24H26N4O2/c1-5-13-26-20-11-10-17-18(20)7-6-8-19(17)23-27-24(30-28-23)16-9-12-22(29-15(2)3)21(14-16)25-4/h6-9,12,14-15,20,26H,5,10-11,13H2,1-3H3/t20-/m0/s1/i6D,7D,8D,9D,12D,14D,15D,20D. The number of hydrogen-bond acceptors (Lipinski definition) is 5. The van der Waals surface area contributed by atoms with Gasteiger partial charge in [0.05, 0.1) is 22.2 Å². The van der Waals surface area contributed by atoms with Gasteiger partial charge in [-0.3, -0.25) is 0 Å². The SMILES string of the molecule is [2H]c1c([2H])c(-c2noc(-c3c([2H])c([2H])c(OC([2H])(C)C)c([N+]#[C-])c3[2H])n2)c2c(c1[2H])[C@@]([2H])(NCCC)CC2. The number of ether oxygens (including phenoxy) is 1. The molecule has 1 aromatic heterocycles. The second-order valence-electron chi connectivity index (χ2n) is 6.98. The smallest absolute Gasteiger partial charge is 0.256 e. The van der Waals surface area contributed by atoms with Crippen LogP contribution in [0, 0.1) is 6.57 Å². The van der Waals surface area contributed by atoms with E-state index in [1.807, 2.05) is 6.92 Å². The molecule has 6 nitrogen and oxygen atoms in total. The van der Waals surface area contributed by atoms with Crippen molar-refractivity contribution < 1.29 is 20.2 Å². The molecule has 3 aromatic rings. The van der Waals surface area contributed by atoms with Crippen molar-refractivity contribution in [1.29, 1.82) is 0 Å². The van der Waals surface area contributed by atoms with Crippen LogP contribution >= 0.6 is 0 Å². The van der Waals surface area contributed by atoms with Gasteiger partial charge >= 0.3 is 0 Å². The second-order valence-corrected chi connectivity index (χ2v) is 6.98. The zero-order valence-electron chi connectivity index (χ0n) is 25.0. The molecule has 154 valence electrons. The molecule has 1 aliphatic carbocycles. The number of aromatic nitrogens is 2. The molecule has 0 unspecified atom stereocenters. The molecule has 0 radical (unpaired) electrons. The van der Waals surface area contributed by atoms with Gasteiger partial charge in [-0.15, -0.1) is 0 Å². The fraction of sp³-hybridized carbons (Fsp3) is 0.375. The highest BCUT2D eigenvalue weighted by Gasteiger charge is 2.26. The minimum atomic E-state index is -1.52. The van der Waals surface area contributed by atoms with E-state index in [0.29, 0.717) is 30.5 Å². The fourth-order valence-electron chi connectivity index (χ4n) is 3.23. The molecule has 0 aliphatic heterocycles. The molecule has 0 amide bonds. The Morgan fingerprint density at radius 2 is 2.30 bits per heavy atom. The zero-order chi connectivity index (χ0) is 28.2. The minimum absolute atomic E-state index is 0.114. The Bertz CT molecular complexity index is 1480. The van der Waals surface area contributed by atoms with Crippen LogP contribution in [0.5, 0.6) is 5.75 Å². The molecule has 1 heterocycles. The van der Waals surface area contributed by atoms with Crippen molar-refractivity contribution in [2.24, 2.45) is 0 Å². The molecular formula is C24H26N4O2. The first-order valence-electron chi connectivity index (χ1n) is 13.7. The number of fused-ring (bicyclic) bond motifs is 1. The van der Waals surface area contributed by atoms with Crippen molar-refractivity contribution in [3.63, 3.8) is 0 Å². The van der Waals surface area contributed by atoms with E-state index < -0.39 is 30.2 Å². The molecule has 0 saturated carbocycles. The first-order valence-corrected chi connectivity index (χ1v) is 9.68. The summed E-state index contributed by atoms with van der Waals surface area (Å²) in [6, 6.07) is -3.70. The zero-order valence-corrected chi connectivity index (χ0v) is 17.0. The molecule has 4 rings (SSSR count). The summed E-state index contributed by atoms with van der Waals surface area (Å²) in [7, 11) is 0. The van der Waals surface area contributed by atoms with Gasteiger partial charge in [0.2, 0.25) is 11.5 Å². The third kappa shape index (κ3) is 3.94. The number of rotatable bonds is 7. The van der Waals surface area contributed by atoms with Gasteiger partial charge in [-0.1, -0.05) is 30.2 Å². The predicted octanol–water partition coefficient (Wildman–Crippen LogP) is 5.73. The van der Waals surface area contributed by atoms with Gasteiger partial charge in [-0.25, -0.2) is 4.85 Å². The maximum absolute atomic E-state index is 8.92. The van der Waals surface area contributed by atoms with E-state index in [9.17, 15) is 0 Å². The summed E-state index contributed by atoms with van der Waals surface area (Å²) in [6.07, 6.45) is -0.0801. The van der Waals surface area contributed by atoms with Gasteiger partial charge in [-0.2, -0.15) is 4.98 Å². The average Bonchev–Trinajstić information content (AvgIpc) is 3.45. The lowest BCUT2D eigenvalue weighted by Crippen LogP contribution is -2.19. The Hall–Kier alpha value is -3.17. The van der Waals surface area contributed by atoms with Gasteiger partial charge in [0.15, 0.2) is 0 Å². The Morgan fingerprint density at radius 3 is 3.07 bits per heavy atom. The number of benzene rings is 2. The number of nitrogens with zero attached hydrogens (tertiary/aromatic N) is 3. The number of nitrogens with one attached hydrogen (secondary N) is 1. The highest BCUT2D eigenvalue weighted by atomic mass is 16.5. The van der Waals surface area contributed by atoms with Crippen molar-refractivity contribution in [3.8, 4) is 28.6 Å². The lowest BCUT2D eigenvalue weighted by molar-refractivity contribution is 0.244. The van der Waals surface area contributed by atoms with E-state index in [0.717, 1.165) is 6.42 Å². The molecule has 0 bridgehead atoms. The highest BCUT2D eigenvalue weighted by molar-refractivity contribution is 5.70. The van der Waals surface area contributed by atoms with E-state index in [2.05, 4.69) is 20.3 Å². The summed E-state index contributed by atoms with van der Waals surface area (Å²) in [5.41, 5.74) is 0.258. The summed E-state index contributed by atoms with van der Waals surface area (Å²) in [6.45, 7) is 12.8. The van der Waals surface area contributed by atoms with Gasteiger partial charge in [-0.05, 0) is 68.9 Å². The van der Waals surface area contributed by atoms with E-state index >= 15 is 0 Å². The molecule has 1 N–H and O–H groups in total. The van der Waals surface area contributed by atoms with Crippen LogP contribution in [0.3, 0.4) is 0 Å². The van der Waals surface area contributed by atoms with E-state index in [1.165, 1.54) is 13.8 Å². The summed E-state index contributed by atoms with van der Waals surface area (Å²) in [5.74, 6) is -0.809. The van der Waals surface area contributed by atoms with Gasteiger partial charge < -0.3 is 14.6 Å². The maximum atomic E-state index is 8.92. The molecular weight excluding hydrogens is 376 g/mol. The highest BCUT2D eigenvalue weighted by Crippen LogP contribution is 2.38. The molecule has 30 heavy (non-hydrogen) atoms. The molecule has 1 atom stereocenters. The van der Waals surface area contributed by atoms with Crippen molar-refractivity contribution in [1.82, 2.24) is 15.5 Å². The summed E-state index contributed by atoms with van der Waals surface area (Å²) in [5, 5.41) is 7.06. The molecule has 6 heteroatoms.